The van der Waals surface area contributed by atoms with Gasteiger partial charge in [-0.25, -0.2) is 0 Å². The minimum atomic E-state index is 0.0719. The van der Waals surface area contributed by atoms with E-state index in [9.17, 15) is 0 Å². The first-order valence-electron chi connectivity index (χ1n) is 6.45. The predicted molar refractivity (Wildman–Crippen MR) is 84.7 cm³/mol. The topological polar surface area (TPSA) is 22.4 Å². The molecule has 1 atom stereocenters. The zero-order valence-electron chi connectivity index (χ0n) is 11.4. The van der Waals surface area contributed by atoms with Crippen LogP contribution in [0.4, 0.5) is 0 Å². The number of alkyl halides is 1. The molecule has 1 unspecified atom stereocenters. The van der Waals surface area contributed by atoms with E-state index in [2.05, 4.69) is 40.2 Å². The van der Waals surface area contributed by atoms with Crippen LogP contribution in [0.25, 0.3) is 10.8 Å². The minimum Gasteiger partial charge on any atom is -0.497 e. The Balaban J connectivity index is 2.00. The van der Waals surface area contributed by atoms with Crippen molar-refractivity contribution < 1.29 is 9.15 Å². The lowest BCUT2D eigenvalue weighted by atomic mass is 10.0. The molecule has 3 heteroatoms. The van der Waals surface area contributed by atoms with E-state index >= 15 is 0 Å². The molecule has 0 N–H and O–H groups in total. The Labute approximate surface area is 126 Å². The van der Waals surface area contributed by atoms with Gasteiger partial charge in [-0.1, -0.05) is 34.1 Å². The molecule has 2 nitrogen and oxygen atoms in total. The summed E-state index contributed by atoms with van der Waals surface area (Å²) in [6.07, 6.45) is 0. The van der Waals surface area contributed by atoms with Crippen molar-refractivity contribution in [1.82, 2.24) is 0 Å². The molecule has 1 aromatic heterocycles. The lowest BCUT2D eigenvalue weighted by Crippen LogP contribution is -1.91. The van der Waals surface area contributed by atoms with Crippen LogP contribution in [-0.4, -0.2) is 7.11 Å². The third-order valence-electron chi connectivity index (χ3n) is 3.38. The molecular weight excluding hydrogens is 316 g/mol. The predicted octanol–water partition coefficient (Wildman–Crippen LogP) is 5.23. The molecule has 2 aromatic carbocycles. The molecule has 0 radical (unpaired) electrons. The Hall–Kier alpha value is -1.74. The maximum absolute atomic E-state index is 5.68. The number of aryl methyl sites for hydroxylation is 1. The number of furan rings is 1. The molecule has 102 valence electrons. The monoisotopic (exact) mass is 330 g/mol. The second kappa shape index (κ2) is 5.33. The van der Waals surface area contributed by atoms with Crippen LogP contribution in [0.5, 0.6) is 5.75 Å². The van der Waals surface area contributed by atoms with Crippen LogP contribution in [0.3, 0.4) is 0 Å². The number of methoxy groups -OCH3 is 1. The molecule has 3 rings (SSSR count). The van der Waals surface area contributed by atoms with Gasteiger partial charge in [0.2, 0.25) is 0 Å². The Morgan fingerprint density at radius 2 is 1.75 bits per heavy atom. The Kier molecular flexibility index (Phi) is 3.53. The molecule has 0 bridgehead atoms. The summed E-state index contributed by atoms with van der Waals surface area (Å²) < 4.78 is 10.9. The van der Waals surface area contributed by atoms with Crippen molar-refractivity contribution in [2.24, 2.45) is 0 Å². The number of benzene rings is 2. The second-order valence-corrected chi connectivity index (χ2v) is 5.70. The van der Waals surface area contributed by atoms with Gasteiger partial charge in [0, 0.05) is 0 Å². The normalized spacial score (nSPS) is 12.6. The number of halogens is 1. The molecule has 0 aliphatic heterocycles. The van der Waals surface area contributed by atoms with Crippen LogP contribution in [0, 0.1) is 6.92 Å². The quantitative estimate of drug-likeness (QED) is 0.613. The second-order valence-electron chi connectivity index (χ2n) is 4.78. The first-order chi connectivity index (χ1) is 9.67. The number of rotatable bonds is 3. The van der Waals surface area contributed by atoms with Gasteiger partial charge in [-0.3, -0.25) is 0 Å². The van der Waals surface area contributed by atoms with E-state index < -0.39 is 0 Å². The summed E-state index contributed by atoms with van der Waals surface area (Å²) in [5, 5.41) is 2.36. The number of fused-ring (bicyclic) bond motifs is 1. The van der Waals surface area contributed by atoms with Crippen molar-refractivity contribution in [1.29, 1.82) is 0 Å². The molecule has 0 aliphatic rings. The molecule has 1 heterocycles. The maximum atomic E-state index is 5.68. The molecule has 0 amide bonds. The summed E-state index contributed by atoms with van der Waals surface area (Å²) in [5.41, 5.74) is 1.18. The van der Waals surface area contributed by atoms with Crippen molar-refractivity contribution in [3.8, 4) is 5.75 Å². The Bertz CT molecular complexity index is 746. The Morgan fingerprint density at radius 3 is 2.45 bits per heavy atom. The van der Waals surface area contributed by atoms with E-state index in [1.807, 2.05) is 31.2 Å². The van der Waals surface area contributed by atoms with Crippen molar-refractivity contribution in [2.45, 2.75) is 11.8 Å². The molecule has 0 saturated carbocycles. The van der Waals surface area contributed by atoms with Gasteiger partial charge in [-0.2, -0.15) is 0 Å². The van der Waals surface area contributed by atoms with Crippen LogP contribution in [0.1, 0.15) is 21.9 Å². The van der Waals surface area contributed by atoms with Crippen molar-refractivity contribution in [3.05, 3.63) is 65.6 Å². The Morgan fingerprint density at radius 1 is 1.00 bits per heavy atom. The van der Waals surface area contributed by atoms with Crippen LogP contribution < -0.4 is 4.74 Å². The highest BCUT2D eigenvalue weighted by Gasteiger charge is 2.14. The van der Waals surface area contributed by atoms with E-state index in [1.165, 1.54) is 16.3 Å². The zero-order chi connectivity index (χ0) is 14.1. The van der Waals surface area contributed by atoms with Crippen molar-refractivity contribution in [3.63, 3.8) is 0 Å². The van der Waals surface area contributed by atoms with Crippen LogP contribution >= 0.6 is 15.9 Å². The molecule has 0 spiro atoms. The van der Waals surface area contributed by atoms with E-state index in [0.717, 1.165) is 17.3 Å². The summed E-state index contributed by atoms with van der Waals surface area (Å²) in [7, 11) is 1.68. The number of hydrogen-bond acceptors (Lipinski definition) is 2. The van der Waals surface area contributed by atoms with Gasteiger partial charge in [0.25, 0.3) is 0 Å². The fourth-order valence-electron chi connectivity index (χ4n) is 2.28. The van der Waals surface area contributed by atoms with Crippen molar-refractivity contribution in [2.75, 3.05) is 7.11 Å². The minimum absolute atomic E-state index is 0.0719. The smallest absolute Gasteiger partial charge is 0.122 e. The standard InChI is InChI=1S/C17H15BrO2/c1-11-3-8-16(20-11)17(18)14-5-4-13-10-15(19-2)7-6-12(13)9-14/h3-10,17H,1-2H3. The highest BCUT2D eigenvalue weighted by atomic mass is 79.9. The summed E-state index contributed by atoms with van der Waals surface area (Å²) in [6, 6.07) is 16.5. The van der Waals surface area contributed by atoms with Crippen molar-refractivity contribution >= 4 is 26.7 Å². The van der Waals surface area contributed by atoms with Crippen LogP contribution in [-0.2, 0) is 0 Å². The van der Waals surface area contributed by atoms with E-state index in [4.69, 9.17) is 9.15 Å². The third kappa shape index (κ3) is 2.46. The highest BCUT2D eigenvalue weighted by Crippen LogP contribution is 2.34. The number of hydrogen-bond donors (Lipinski definition) is 0. The first kappa shape index (κ1) is 13.3. The van der Waals surface area contributed by atoms with Gasteiger partial charge < -0.3 is 9.15 Å². The van der Waals surface area contributed by atoms with Gasteiger partial charge in [-0.15, -0.1) is 0 Å². The zero-order valence-corrected chi connectivity index (χ0v) is 13.0. The lowest BCUT2D eigenvalue weighted by Gasteiger charge is -2.09. The largest absolute Gasteiger partial charge is 0.497 e. The van der Waals surface area contributed by atoms with Gasteiger partial charge in [0.05, 0.1) is 11.9 Å². The summed E-state index contributed by atoms with van der Waals surface area (Å²) in [4.78, 5) is 0.0719. The molecule has 0 fully saturated rings. The van der Waals surface area contributed by atoms with E-state index in [1.54, 1.807) is 7.11 Å². The maximum Gasteiger partial charge on any atom is 0.122 e. The van der Waals surface area contributed by atoms with E-state index in [-0.39, 0.29) is 4.83 Å². The van der Waals surface area contributed by atoms with Gasteiger partial charge in [-0.05, 0) is 53.6 Å². The fraction of sp³-hybridized carbons (Fsp3) is 0.176. The molecule has 0 saturated heterocycles. The molecular formula is C17H15BrO2. The fourth-order valence-corrected chi connectivity index (χ4v) is 2.81. The molecule has 20 heavy (non-hydrogen) atoms. The third-order valence-corrected chi connectivity index (χ3v) is 4.35. The van der Waals surface area contributed by atoms with Crippen LogP contribution in [0.15, 0.2) is 52.9 Å². The van der Waals surface area contributed by atoms with Crippen LogP contribution in [0.2, 0.25) is 0 Å². The number of ether oxygens (including phenoxy) is 1. The first-order valence-corrected chi connectivity index (χ1v) is 7.37. The average Bonchev–Trinajstić information content (AvgIpc) is 2.92. The van der Waals surface area contributed by atoms with E-state index in [0.29, 0.717) is 0 Å². The molecule has 0 aliphatic carbocycles. The molecule has 3 aromatic rings. The lowest BCUT2D eigenvalue weighted by molar-refractivity contribution is 0.415. The average molecular weight is 331 g/mol. The SMILES string of the molecule is COc1ccc2cc(C(Br)c3ccc(C)o3)ccc2c1. The van der Waals surface area contributed by atoms with Gasteiger partial charge in [0.15, 0.2) is 0 Å². The summed E-state index contributed by atoms with van der Waals surface area (Å²) >= 11 is 3.70. The summed E-state index contributed by atoms with van der Waals surface area (Å²) in [5.74, 6) is 2.73. The van der Waals surface area contributed by atoms with Gasteiger partial charge >= 0.3 is 0 Å². The van der Waals surface area contributed by atoms with Gasteiger partial charge in [0.1, 0.15) is 17.3 Å². The highest BCUT2D eigenvalue weighted by molar-refractivity contribution is 9.09. The summed E-state index contributed by atoms with van der Waals surface area (Å²) in [6.45, 7) is 1.95.